The molecule has 1 aromatic heterocycles. The van der Waals surface area contributed by atoms with E-state index in [9.17, 15) is 4.55 Å². The van der Waals surface area contributed by atoms with Crippen LogP contribution in [-0.4, -0.2) is 33.4 Å². The molecule has 0 amide bonds. The van der Waals surface area contributed by atoms with Gasteiger partial charge in [0.1, 0.15) is 12.1 Å². The van der Waals surface area contributed by atoms with Gasteiger partial charge >= 0.3 is 5.16 Å². The molecule has 0 N–H and O–H groups in total. The van der Waals surface area contributed by atoms with Crippen LogP contribution in [0.3, 0.4) is 0 Å². The van der Waals surface area contributed by atoms with Crippen LogP contribution in [0, 0.1) is 11.8 Å². The highest BCUT2D eigenvalue weighted by Crippen LogP contribution is 2.48. The predicted octanol–water partition coefficient (Wildman–Crippen LogP) is 2.24. The predicted molar refractivity (Wildman–Crippen MR) is 80.0 cm³/mol. The van der Waals surface area contributed by atoms with Gasteiger partial charge in [-0.05, 0) is 31.1 Å². The van der Waals surface area contributed by atoms with E-state index in [0.717, 1.165) is 29.8 Å². The lowest BCUT2D eigenvalue weighted by Gasteiger charge is -2.37. The molecule has 4 atom stereocenters. The van der Waals surface area contributed by atoms with Gasteiger partial charge in [0.05, 0.1) is 0 Å². The number of hydrogen-bond donors (Lipinski definition) is 0. The summed E-state index contributed by atoms with van der Waals surface area (Å²) in [4.78, 5) is 11.2. The first kappa shape index (κ1) is 12.7. The molecule has 4 rings (SSSR count). The number of aromatic nitrogens is 2. The maximum atomic E-state index is 11.6. The van der Waals surface area contributed by atoms with Crippen LogP contribution in [0.25, 0.3) is 6.08 Å². The molecule has 2 bridgehead atoms. The Morgan fingerprint density at radius 1 is 1.35 bits per heavy atom. The van der Waals surface area contributed by atoms with Gasteiger partial charge in [-0.15, -0.1) is 0 Å². The summed E-state index contributed by atoms with van der Waals surface area (Å²) < 4.78 is 11.6. The summed E-state index contributed by atoms with van der Waals surface area (Å²) in [6, 6.07) is 0.616. The van der Waals surface area contributed by atoms with E-state index in [1.54, 1.807) is 6.26 Å². The van der Waals surface area contributed by atoms with Crippen LogP contribution in [0.1, 0.15) is 31.2 Å². The topological polar surface area (TPSA) is 52.1 Å². The second-order valence-corrected chi connectivity index (χ2v) is 7.46. The van der Waals surface area contributed by atoms with E-state index in [4.69, 9.17) is 0 Å². The summed E-state index contributed by atoms with van der Waals surface area (Å²) >= 11 is -1.12. The molecule has 20 heavy (non-hydrogen) atoms. The zero-order valence-electron chi connectivity index (χ0n) is 11.7. The minimum atomic E-state index is -1.12. The minimum absolute atomic E-state index is 0.451. The van der Waals surface area contributed by atoms with Crippen molar-refractivity contribution in [3.63, 3.8) is 0 Å². The highest BCUT2D eigenvalue weighted by molar-refractivity contribution is 7.90. The molecule has 2 aliphatic carbocycles. The van der Waals surface area contributed by atoms with E-state index in [-0.39, 0.29) is 0 Å². The fourth-order valence-corrected chi connectivity index (χ4v) is 4.53. The van der Waals surface area contributed by atoms with E-state index in [2.05, 4.69) is 27.0 Å². The van der Waals surface area contributed by atoms with Gasteiger partial charge in [0.2, 0.25) is 0 Å². The maximum absolute atomic E-state index is 11.6. The van der Waals surface area contributed by atoms with E-state index < -0.39 is 11.2 Å². The third-order valence-corrected chi connectivity index (χ3v) is 5.71. The van der Waals surface area contributed by atoms with Crippen LogP contribution >= 0.6 is 0 Å². The molecule has 2 saturated carbocycles. The lowest BCUT2D eigenvalue weighted by molar-refractivity contribution is 0.396. The molecule has 0 spiro atoms. The Bertz CT molecular complexity index is 560. The van der Waals surface area contributed by atoms with E-state index in [0.29, 0.717) is 11.2 Å². The van der Waals surface area contributed by atoms with Crippen molar-refractivity contribution in [1.29, 1.82) is 0 Å². The fourth-order valence-electron chi connectivity index (χ4n) is 4.12. The Balaban J connectivity index is 1.70. The standard InChI is InChI=1S/C15H19N3OS/c1-20(19)15-16-9-12-3-2-6-18(14(12)17-15)13-8-10-4-5-11(13)7-10/h2-3,9-11,13H,4-8H2,1H3. The van der Waals surface area contributed by atoms with Crippen molar-refractivity contribution in [2.24, 2.45) is 11.8 Å². The van der Waals surface area contributed by atoms with Gasteiger partial charge in [0, 0.05) is 35.5 Å². The third-order valence-electron chi connectivity index (χ3n) is 5.00. The van der Waals surface area contributed by atoms with Crippen LogP contribution in [0.5, 0.6) is 0 Å². The monoisotopic (exact) mass is 289 g/mol. The molecule has 2 heterocycles. The zero-order valence-corrected chi connectivity index (χ0v) is 12.5. The molecule has 4 nitrogen and oxygen atoms in total. The van der Waals surface area contributed by atoms with Crippen molar-refractivity contribution >= 4 is 23.1 Å². The van der Waals surface area contributed by atoms with Crippen LogP contribution in [-0.2, 0) is 11.2 Å². The average molecular weight is 289 g/mol. The Morgan fingerprint density at radius 3 is 2.95 bits per heavy atom. The molecular weight excluding hydrogens is 270 g/mol. The molecule has 106 valence electrons. The Morgan fingerprint density at radius 2 is 2.25 bits per heavy atom. The number of nitrogens with zero attached hydrogens (tertiary/aromatic N) is 3. The number of anilines is 1. The number of rotatable bonds is 2. The summed E-state index contributed by atoms with van der Waals surface area (Å²) in [7, 11) is 0. The largest absolute Gasteiger partial charge is 0.609 e. The molecule has 5 heteroatoms. The van der Waals surface area contributed by atoms with Gasteiger partial charge in [-0.1, -0.05) is 18.6 Å². The van der Waals surface area contributed by atoms with Crippen molar-refractivity contribution in [2.75, 3.05) is 17.7 Å². The van der Waals surface area contributed by atoms with Crippen LogP contribution in [0.4, 0.5) is 5.82 Å². The van der Waals surface area contributed by atoms with Crippen molar-refractivity contribution in [3.05, 3.63) is 17.8 Å². The summed E-state index contributed by atoms with van der Waals surface area (Å²) in [5.41, 5.74) is 1.06. The van der Waals surface area contributed by atoms with Gasteiger partial charge in [0.15, 0.2) is 0 Å². The normalized spacial score (nSPS) is 32.5. The molecule has 1 aliphatic heterocycles. The SMILES string of the molecule is C[S+]([O-])c1ncc2c(n1)N(C1CC3CCC1C3)CC=C2. The molecular formula is C15H19N3OS. The first-order valence-electron chi connectivity index (χ1n) is 7.36. The first-order valence-corrected chi connectivity index (χ1v) is 8.92. The Hall–Kier alpha value is -1.07. The van der Waals surface area contributed by atoms with E-state index in [1.807, 2.05) is 6.20 Å². The lowest BCUT2D eigenvalue weighted by atomic mass is 9.93. The van der Waals surface area contributed by atoms with Crippen LogP contribution in [0.2, 0.25) is 0 Å². The van der Waals surface area contributed by atoms with Gasteiger partial charge in [-0.2, -0.15) is 9.97 Å². The molecule has 0 radical (unpaired) electrons. The van der Waals surface area contributed by atoms with Gasteiger partial charge < -0.3 is 9.45 Å². The third kappa shape index (κ3) is 1.95. The number of fused-ring (bicyclic) bond motifs is 3. The van der Waals surface area contributed by atoms with Gasteiger partial charge in [-0.25, -0.2) is 0 Å². The quantitative estimate of drug-likeness (QED) is 0.619. The molecule has 2 fully saturated rings. The molecule has 0 aromatic carbocycles. The summed E-state index contributed by atoms with van der Waals surface area (Å²) in [5.74, 6) is 2.73. The Labute approximate surface area is 122 Å². The smallest absolute Gasteiger partial charge is 0.344 e. The van der Waals surface area contributed by atoms with E-state index in [1.165, 1.54) is 25.7 Å². The highest BCUT2D eigenvalue weighted by atomic mass is 32.2. The van der Waals surface area contributed by atoms with Crippen LogP contribution in [0.15, 0.2) is 17.4 Å². The van der Waals surface area contributed by atoms with Crippen molar-refractivity contribution in [1.82, 2.24) is 9.97 Å². The van der Waals surface area contributed by atoms with Gasteiger partial charge in [0.25, 0.3) is 0 Å². The maximum Gasteiger partial charge on any atom is 0.344 e. The number of hydrogen-bond acceptors (Lipinski definition) is 4. The molecule has 1 aromatic rings. The van der Waals surface area contributed by atoms with Crippen LogP contribution < -0.4 is 4.90 Å². The second kappa shape index (κ2) is 4.74. The van der Waals surface area contributed by atoms with Crippen molar-refractivity contribution in [3.8, 4) is 0 Å². The fraction of sp³-hybridized carbons (Fsp3) is 0.600. The highest BCUT2D eigenvalue weighted by Gasteiger charge is 2.43. The first-order chi connectivity index (χ1) is 9.72. The summed E-state index contributed by atoms with van der Waals surface area (Å²) in [6.07, 6.45) is 13.2. The van der Waals surface area contributed by atoms with Crippen molar-refractivity contribution < 1.29 is 4.55 Å². The van der Waals surface area contributed by atoms with Gasteiger partial charge in [-0.3, -0.25) is 0 Å². The second-order valence-electron chi connectivity index (χ2n) is 6.18. The summed E-state index contributed by atoms with van der Waals surface area (Å²) in [6.45, 7) is 0.924. The van der Waals surface area contributed by atoms with E-state index >= 15 is 0 Å². The minimum Gasteiger partial charge on any atom is -0.609 e. The average Bonchev–Trinajstić information content (AvgIpc) is 3.08. The van der Waals surface area contributed by atoms with Crippen molar-refractivity contribution in [2.45, 2.75) is 36.9 Å². The molecule has 4 unspecified atom stereocenters. The molecule has 0 saturated heterocycles. The zero-order chi connectivity index (χ0) is 13.7. The Kier molecular flexibility index (Phi) is 3.00. The summed E-state index contributed by atoms with van der Waals surface area (Å²) in [5, 5.41) is 0.451. The molecule has 3 aliphatic rings. The lowest BCUT2D eigenvalue weighted by Crippen LogP contribution is -2.41.